The van der Waals surface area contributed by atoms with Crippen molar-refractivity contribution < 1.29 is 41.3 Å². The highest BCUT2D eigenvalue weighted by Crippen LogP contribution is 2.35. The molecule has 0 aliphatic heterocycles. The van der Waals surface area contributed by atoms with Crippen LogP contribution >= 0.6 is 0 Å². The maximum absolute atomic E-state index is 14.2. The highest BCUT2D eigenvalue weighted by Gasteiger charge is 2.44. The molecular formula is C28H28N4O11S2. The minimum absolute atomic E-state index is 0.370. The van der Waals surface area contributed by atoms with Crippen molar-refractivity contribution in [2.24, 2.45) is 0 Å². The van der Waals surface area contributed by atoms with Gasteiger partial charge in [0.05, 0.1) is 29.1 Å². The number of hydrogen-bond donors (Lipinski definition) is 1. The van der Waals surface area contributed by atoms with E-state index in [9.17, 15) is 47.0 Å². The molecular weight excluding hydrogens is 632 g/mol. The van der Waals surface area contributed by atoms with Crippen LogP contribution in [0.25, 0.3) is 0 Å². The van der Waals surface area contributed by atoms with Crippen LogP contribution in [0.15, 0.2) is 101 Å². The molecule has 0 unspecified atom stereocenters. The number of nitro groups is 2. The van der Waals surface area contributed by atoms with Gasteiger partial charge in [-0.15, -0.1) is 0 Å². The third-order valence-electron chi connectivity index (χ3n) is 7.14. The van der Waals surface area contributed by atoms with Crippen molar-refractivity contribution in [3.05, 3.63) is 117 Å². The zero-order valence-corrected chi connectivity index (χ0v) is 25.3. The van der Waals surface area contributed by atoms with Gasteiger partial charge >= 0.3 is 5.97 Å². The first-order valence-corrected chi connectivity index (χ1v) is 16.1. The molecule has 0 saturated heterocycles. The van der Waals surface area contributed by atoms with Crippen LogP contribution in [0.2, 0.25) is 0 Å². The first kappa shape index (κ1) is 33.3. The Morgan fingerprint density at radius 3 is 1.82 bits per heavy atom. The van der Waals surface area contributed by atoms with E-state index in [0.717, 1.165) is 41.8 Å². The number of esters is 1. The standard InChI is InChI=1S/C28H28N4O11S2/c1-43-28(34)19-29(44(39,40)26-13-7-5-11-22(26)31(35)36)21-15-16-25(33)24(17-21)30(18-20-9-3-2-4-10-20)45(41,42)27-14-8-6-12-23(27)32(37)38/h2-16,21,24-25,33H,17-19H2,1H3/t21-,24-,25+/m0/s1. The van der Waals surface area contributed by atoms with Gasteiger partial charge in [0.25, 0.3) is 31.4 Å². The topological polar surface area (TPSA) is 208 Å². The fourth-order valence-corrected chi connectivity index (χ4v) is 8.45. The number of sulfonamides is 2. The molecule has 0 fully saturated rings. The summed E-state index contributed by atoms with van der Waals surface area (Å²) in [5.74, 6) is -1.01. The highest BCUT2D eigenvalue weighted by atomic mass is 32.2. The molecule has 3 atom stereocenters. The van der Waals surface area contributed by atoms with Crippen LogP contribution in [0.3, 0.4) is 0 Å². The number of carbonyl (C=O) groups excluding carboxylic acids is 1. The Kier molecular flexibility index (Phi) is 10.1. The van der Waals surface area contributed by atoms with E-state index in [1.54, 1.807) is 30.3 Å². The van der Waals surface area contributed by atoms with Gasteiger partial charge < -0.3 is 9.84 Å². The van der Waals surface area contributed by atoms with E-state index in [0.29, 0.717) is 9.87 Å². The smallest absolute Gasteiger partial charge is 0.321 e. The minimum Gasteiger partial charge on any atom is -0.468 e. The summed E-state index contributed by atoms with van der Waals surface area (Å²) in [6.07, 6.45) is 0.428. The van der Waals surface area contributed by atoms with Gasteiger partial charge in [-0.2, -0.15) is 8.61 Å². The predicted molar refractivity (Wildman–Crippen MR) is 159 cm³/mol. The number of rotatable bonds is 12. The lowest BCUT2D eigenvalue weighted by Crippen LogP contribution is -2.53. The third kappa shape index (κ3) is 7.07. The quantitative estimate of drug-likeness (QED) is 0.129. The molecule has 3 aromatic rings. The van der Waals surface area contributed by atoms with Gasteiger partial charge in [0.1, 0.15) is 6.54 Å². The van der Waals surface area contributed by atoms with Crippen LogP contribution in [-0.2, 0) is 36.1 Å². The molecule has 0 amide bonds. The number of nitro benzene ring substituents is 2. The Hall–Kier alpha value is -4.55. The van der Waals surface area contributed by atoms with Crippen molar-refractivity contribution >= 4 is 37.4 Å². The summed E-state index contributed by atoms with van der Waals surface area (Å²) in [4.78, 5) is 32.8. The summed E-state index contributed by atoms with van der Waals surface area (Å²) in [7, 11) is -8.54. The molecule has 238 valence electrons. The Labute approximate surface area is 258 Å². The van der Waals surface area contributed by atoms with Gasteiger partial charge in [-0.05, 0) is 24.1 Å². The van der Waals surface area contributed by atoms with Crippen LogP contribution in [0, 0.1) is 20.2 Å². The second-order valence-electron chi connectivity index (χ2n) is 9.86. The van der Waals surface area contributed by atoms with Crippen molar-refractivity contribution in [2.75, 3.05) is 13.7 Å². The maximum atomic E-state index is 14.2. The maximum Gasteiger partial charge on any atom is 0.321 e. The first-order chi connectivity index (χ1) is 21.3. The minimum atomic E-state index is -4.81. The van der Waals surface area contributed by atoms with Crippen LogP contribution in [-0.4, -0.2) is 78.2 Å². The number of hydrogen-bond acceptors (Lipinski definition) is 11. The summed E-state index contributed by atoms with van der Waals surface area (Å²) in [6, 6.07) is 14.6. The molecule has 0 spiro atoms. The molecule has 1 N–H and O–H groups in total. The SMILES string of the molecule is COC(=O)CN([C@H]1C=C[C@@H](O)[C@@H](N(Cc2ccccc2)S(=O)(=O)c2ccccc2[N+](=O)[O-])C1)S(=O)(=O)c1ccccc1[N+](=O)[O-]. The molecule has 4 rings (SSSR count). The van der Waals surface area contributed by atoms with Crippen LogP contribution in [0.4, 0.5) is 11.4 Å². The average Bonchev–Trinajstić information content (AvgIpc) is 3.03. The largest absolute Gasteiger partial charge is 0.468 e. The number of carbonyl (C=O) groups is 1. The number of benzene rings is 3. The van der Waals surface area contributed by atoms with Gasteiger partial charge in [0.2, 0.25) is 0 Å². The number of aliphatic hydroxyl groups is 1. The van der Waals surface area contributed by atoms with Gasteiger partial charge in [-0.1, -0.05) is 66.7 Å². The van der Waals surface area contributed by atoms with E-state index in [-0.39, 0.29) is 6.54 Å². The summed E-state index contributed by atoms with van der Waals surface area (Å²) in [5, 5.41) is 34.6. The van der Waals surface area contributed by atoms with Gasteiger partial charge in [0.15, 0.2) is 9.79 Å². The van der Waals surface area contributed by atoms with E-state index < -0.39 is 88.2 Å². The molecule has 45 heavy (non-hydrogen) atoms. The summed E-state index contributed by atoms with van der Waals surface area (Å²) >= 11 is 0. The van der Waals surface area contributed by atoms with Crippen LogP contribution in [0.5, 0.6) is 0 Å². The Morgan fingerprint density at radius 2 is 1.31 bits per heavy atom. The Bertz CT molecular complexity index is 1830. The lowest BCUT2D eigenvalue weighted by molar-refractivity contribution is -0.388. The number of methoxy groups -OCH3 is 1. The monoisotopic (exact) mass is 660 g/mol. The van der Waals surface area contributed by atoms with E-state index >= 15 is 0 Å². The van der Waals surface area contributed by atoms with Crippen molar-refractivity contribution in [3.63, 3.8) is 0 Å². The van der Waals surface area contributed by atoms with Crippen molar-refractivity contribution in [3.8, 4) is 0 Å². The molecule has 15 nitrogen and oxygen atoms in total. The van der Waals surface area contributed by atoms with Crippen molar-refractivity contribution in [1.29, 1.82) is 0 Å². The lowest BCUT2D eigenvalue weighted by atomic mass is 9.94. The number of ether oxygens (including phenoxy) is 1. The first-order valence-electron chi connectivity index (χ1n) is 13.3. The second kappa shape index (κ2) is 13.6. The van der Waals surface area contributed by atoms with Crippen LogP contribution in [0.1, 0.15) is 12.0 Å². The van der Waals surface area contributed by atoms with Crippen LogP contribution < -0.4 is 0 Å². The Balaban J connectivity index is 1.84. The second-order valence-corrected chi connectivity index (χ2v) is 13.6. The summed E-state index contributed by atoms with van der Waals surface area (Å²) < 4.78 is 62.3. The normalized spacial score (nSPS) is 18.5. The average molecular weight is 661 g/mol. The lowest BCUT2D eigenvalue weighted by Gasteiger charge is -2.39. The number of nitrogens with zero attached hydrogens (tertiary/aromatic N) is 4. The molecule has 3 aromatic carbocycles. The van der Waals surface area contributed by atoms with E-state index in [2.05, 4.69) is 4.74 Å². The molecule has 0 aromatic heterocycles. The number of aliphatic hydroxyl groups excluding tert-OH is 1. The van der Waals surface area contributed by atoms with Crippen molar-refractivity contribution in [1.82, 2.24) is 8.61 Å². The van der Waals surface area contributed by atoms with Gasteiger partial charge in [-0.3, -0.25) is 25.0 Å². The summed E-state index contributed by atoms with van der Waals surface area (Å²) in [5.41, 5.74) is -1.01. The van der Waals surface area contributed by atoms with Gasteiger partial charge in [0, 0.05) is 24.7 Å². The molecule has 0 radical (unpaired) electrons. The number of para-hydroxylation sites is 2. The fraction of sp³-hybridized carbons (Fsp3) is 0.250. The zero-order valence-electron chi connectivity index (χ0n) is 23.6. The molecule has 0 saturated carbocycles. The van der Waals surface area contributed by atoms with E-state index in [4.69, 9.17) is 0 Å². The van der Waals surface area contributed by atoms with Gasteiger partial charge in [-0.25, -0.2) is 16.8 Å². The molecule has 0 bridgehead atoms. The van der Waals surface area contributed by atoms with Crippen molar-refractivity contribution in [2.45, 2.75) is 40.9 Å². The summed E-state index contributed by atoms with van der Waals surface area (Å²) in [6.45, 7) is -1.27. The Morgan fingerprint density at radius 1 is 0.822 bits per heavy atom. The van der Waals surface area contributed by atoms with E-state index in [1.807, 2.05) is 0 Å². The predicted octanol–water partition coefficient (Wildman–Crippen LogP) is 2.62. The third-order valence-corrected chi connectivity index (χ3v) is 11.0. The molecule has 1 aliphatic carbocycles. The fourth-order valence-electron chi connectivity index (χ4n) is 4.96. The van der Waals surface area contributed by atoms with E-state index in [1.165, 1.54) is 30.3 Å². The molecule has 0 heterocycles. The zero-order chi connectivity index (χ0) is 32.9. The molecule has 1 aliphatic rings. The highest BCUT2D eigenvalue weighted by molar-refractivity contribution is 7.89. The molecule has 17 heteroatoms.